The SMILES string of the molecule is CC1(C)c2c(cnc3ccccc23)C=CC1c1ccccc1. The normalized spacial score (nSPS) is 19.1. The second-order valence-electron chi connectivity index (χ2n) is 6.57. The van der Waals surface area contributed by atoms with Crippen molar-refractivity contribution in [1.82, 2.24) is 4.98 Å². The number of hydrogen-bond donors (Lipinski definition) is 0. The van der Waals surface area contributed by atoms with Crippen molar-refractivity contribution in [2.24, 2.45) is 0 Å². The van der Waals surface area contributed by atoms with Gasteiger partial charge in [-0.1, -0.05) is 74.5 Å². The molecule has 0 radical (unpaired) electrons. The summed E-state index contributed by atoms with van der Waals surface area (Å²) in [4.78, 5) is 4.61. The molecule has 0 bridgehead atoms. The van der Waals surface area contributed by atoms with Gasteiger partial charge in [-0.25, -0.2) is 0 Å². The Bertz CT molecular complexity index is 859. The second-order valence-corrected chi connectivity index (χ2v) is 6.57. The van der Waals surface area contributed by atoms with E-state index < -0.39 is 0 Å². The average Bonchev–Trinajstić information content (AvgIpc) is 2.55. The number of para-hydroxylation sites is 1. The Hall–Kier alpha value is -2.41. The molecule has 1 atom stereocenters. The van der Waals surface area contributed by atoms with Gasteiger partial charge in [-0.05, 0) is 22.8 Å². The van der Waals surface area contributed by atoms with E-state index in [0.29, 0.717) is 5.92 Å². The van der Waals surface area contributed by atoms with Crippen molar-refractivity contribution in [3.63, 3.8) is 0 Å². The minimum Gasteiger partial charge on any atom is -0.256 e. The van der Waals surface area contributed by atoms with Gasteiger partial charge in [-0.3, -0.25) is 4.98 Å². The first-order valence-electron chi connectivity index (χ1n) is 7.79. The third-order valence-corrected chi connectivity index (χ3v) is 4.85. The summed E-state index contributed by atoms with van der Waals surface area (Å²) >= 11 is 0. The van der Waals surface area contributed by atoms with Crippen LogP contribution < -0.4 is 0 Å². The van der Waals surface area contributed by atoms with E-state index in [4.69, 9.17) is 0 Å². The molecule has 1 heterocycles. The van der Waals surface area contributed by atoms with Crippen molar-refractivity contribution in [3.05, 3.63) is 83.6 Å². The fraction of sp³-hybridized carbons (Fsp3) is 0.190. The molecule has 1 nitrogen and oxygen atoms in total. The molecule has 1 aliphatic carbocycles. The van der Waals surface area contributed by atoms with Crippen LogP contribution in [0.5, 0.6) is 0 Å². The lowest BCUT2D eigenvalue weighted by Gasteiger charge is -2.38. The zero-order valence-electron chi connectivity index (χ0n) is 13.0. The van der Waals surface area contributed by atoms with Crippen molar-refractivity contribution in [2.45, 2.75) is 25.2 Å². The Morgan fingerprint density at radius 2 is 1.64 bits per heavy atom. The maximum atomic E-state index is 4.61. The molecule has 2 aromatic carbocycles. The molecule has 0 aliphatic heterocycles. The topological polar surface area (TPSA) is 12.9 Å². The van der Waals surface area contributed by atoms with Crippen LogP contribution in [0.15, 0.2) is 66.9 Å². The molecule has 0 saturated carbocycles. The largest absolute Gasteiger partial charge is 0.256 e. The molecule has 0 amide bonds. The number of nitrogens with zero attached hydrogens (tertiary/aromatic N) is 1. The van der Waals surface area contributed by atoms with E-state index in [1.54, 1.807) is 0 Å². The van der Waals surface area contributed by atoms with Crippen molar-refractivity contribution >= 4 is 17.0 Å². The summed E-state index contributed by atoms with van der Waals surface area (Å²) in [6.45, 7) is 4.69. The van der Waals surface area contributed by atoms with Crippen molar-refractivity contribution < 1.29 is 0 Å². The molecule has 108 valence electrons. The Labute approximate surface area is 131 Å². The Balaban J connectivity index is 1.97. The monoisotopic (exact) mass is 285 g/mol. The molecule has 0 spiro atoms. The lowest BCUT2D eigenvalue weighted by Crippen LogP contribution is -2.29. The summed E-state index contributed by atoms with van der Waals surface area (Å²) in [5.41, 5.74) is 5.14. The van der Waals surface area contributed by atoms with Gasteiger partial charge < -0.3 is 0 Å². The predicted molar refractivity (Wildman–Crippen MR) is 93.0 cm³/mol. The number of hydrogen-bond acceptors (Lipinski definition) is 1. The fourth-order valence-electron chi connectivity index (χ4n) is 3.79. The highest BCUT2D eigenvalue weighted by Crippen LogP contribution is 2.46. The Morgan fingerprint density at radius 1 is 0.909 bits per heavy atom. The van der Waals surface area contributed by atoms with Crippen LogP contribution in [0.2, 0.25) is 0 Å². The minimum atomic E-state index is 0.0357. The van der Waals surface area contributed by atoms with Gasteiger partial charge in [-0.15, -0.1) is 0 Å². The first kappa shape index (κ1) is 13.3. The summed E-state index contributed by atoms with van der Waals surface area (Å²) in [5, 5.41) is 1.27. The van der Waals surface area contributed by atoms with Crippen molar-refractivity contribution in [2.75, 3.05) is 0 Å². The molecule has 1 unspecified atom stereocenters. The molecular formula is C21H19N. The van der Waals surface area contributed by atoms with Crippen LogP contribution in [0.3, 0.4) is 0 Å². The molecule has 0 saturated heterocycles. The van der Waals surface area contributed by atoms with Gasteiger partial charge in [0.15, 0.2) is 0 Å². The van der Waals surface area contributed by atoms with E-state index in [-0.39, 0.29) is 5.41 Å². The highest BCUT2D eigenvalue weighted by molar-refractivity contribution is 5.87. The van der Waals surface area contributed by atoms with Crippen LogP contribution in [0, 0.1) is 0 Å². The van der Waals surface area contributed by atoms with Crippen molar-refractivity contribution in [3.8, 4) is 0 Å². The van der Waals surface area contributed by atoms with Gasteiger partial charge in [0.1, 0.15) is 0 Å². The van der Waals surface area contributed by atoms with Crippen LogP contribution in [-0.2, 0) is 5.41 Å². The van der Waals surface area contributed by atoms with E-state index >= 15 is 0 Å². The predicted octanol–water partition coefficient (Wildman–Crippen LogP) is 5.32. The van der Waals surface area contributed by atoms with Crippen LogP contribution in [0.25, 0.3) is 17.0 Å². The van der Waals surface area contributed by atoms with Gasteiger partial charge in [0.05, 0.1) is 5.52 Å². The molecule has 1 aromatic heterocycles. The third-order valence-electron chi connectivity index (χ3n) is 4.85. The van der Waals surface area contributed by atoms with Gasteiger partial charge in [0.25, 0.3) is 0 Å². The standard InChI is InChI=1S/C21H19N/c1-21(2)18(15-8-4-3-5-9-15)13-12-16-14-22-19-11-7-6-10-17(19)20(16)21/h3-14,18H,1-2H3. The van der Waals surface area contributed by atoms with Crippen LogP contribution >= 0.6 is 0 Å². The lowest BCUT2D eigenvalue weighted by atomic mass is 9.65. The molecular weight excluding hydrogens is 266 g/mol. The second kappa shape index (κ2) is 4.81. The van der Waals surface area contributed by atoms with Gasteiger partial charge >= 0.3 is 0 Å². The number of pyridine rings is 1. The molecule has 0 N–H and O–H groups in total. The Morgan fingerprint density at radius 3 is 2.45 bits per heavy atom. The van der Waals surface area contributed by atoms with Crippen LogP contribution in [0.4, 0.5) is 0 Å². The molecule has 0 fully saturated rings. The molecule has 4 rings (SSSR count). The number of aromatic nitrogens is 1. The zero-order valence-corrected chi connectivity index (χ0v) is 13.0. The fourth-order valence-corrected chi connectivity index (χ4v) is 3.79. The highest BCUT2D eigenvalue weighted by Gasteiger charge is 2.36. The maximum Gasteiger partial charge on any atom is 0.0705 e. The van der Waals surface area contributed by atoms with Crippen LogP contribution in [-0.4, -0.2) is 4.98 Å². The summed E-state index contributed by atoms with van der Waals surface area (Å²) in [6, 6.07) is 19.2. The van der Waals surface area contributed by atoms with E-state index in [2.05, 4.69) is 85.6 Å². The number of allylic oxidation sites excluding steroid dienone is 1. The van der Waals surface area contributed by atoms with E-state index in [9.17, 15) is 0 Å². The zero-order chi connectivity index (χ0) is 15.2. The number of benzene rings is 2. The quantitative estimate of drug-likeness (QED) is 0.589. The molecule has 1 aliphatic rings. The Kier molecular flexibility index (Phi) is 2.90. The minimum absolute atomic E-state index is 0.0357. The summed E-state index contributed by atoms with van der Waals surface area (Å²) < 4.78 is 0. The number of fused-ring (bicyclic) bond motifs is 3. The summed E-state index contributed by atoms with van der Waals surface area (Å²) in [5.74, 6) is 0.381. The van der Waals surface area contributed by atoms with Gasteiger partial charge in [0.2, 0.25) is 0 Å². The van der Waals surface area contributed by atoms with E-state index in [1.807, 2.05) is 6.20 Å². The van der Waals surface area contributed by atoms with Gasteiger partial charge in [0, 0.05) is 22.9 Å². The summed E-state index contributed by atoms with van der Waals surface area (Å²) in [7, 11) is 0. The van der Waals surface area contributed by atoms with E-state index in [0.717, 1.165) is 5.52 Å². The molecule has 22 heavy (non-hydrogen) atoms. The molecule has 1 heteroatoms. The highest BCUT2D eigenvalue weighted by atomic mass is 14.7. The average molecular weight is 285 g/mol. The lowest BCUT2D eigenvalue weighted by molar-refractivity contribution is 0.468. The van der Waals surface area contributed by atoms with Crippen molar-refractivity contribution in [1.29, 1.82) is 0 Å². The maximum absolute atomic E-state index is 4.61. The van der Waals surface area contributed by atoms with Crippen LogP contribution in [0.1, 0.15) is 36.5 Å². The molecule has 3 aromatic rings. The third kappa shape index (κ3) is 1.89. The number of rotatable bonds is 1. The first-order valence-corrected chi connectivity index (χ1v) is 7.79. The summed E-state index contributed by atoms with van der Waals surface area (Å²) in [6.07, 6.45) is 6.57. The van der Waals surface area contributed by atoms with E-state index in [1.165, 1.54) is 22.1 Å². The smallest absolute Gasteiger partial charge is 0.0705 e. The first-order chi connectivity index (χ1) is 10.7. The van der Waals surface area contributed by atoms with Gasteiger partial charge in [-0.2, -0.15) is 0 Å².